The average molecular weight is 327 g/mol. The molecule has 0 bridgehead atoms. The molecule has 1 fully saturated rings. The molecule has 0 spiro atoms. The molecule has 2 atom stereocenters. The molecule has 0 saturated heterocycles. The summed E-state index contributed by atoms with van der Waals surface area (Å²) in [4.78, 5) is 16.7. The Morgan fingerprint density at radius 1 is 1.48 bits per heavy atom. The zero-order chi connectivity index (χ0) is 15.4. The summed E-state index contributed by atoms with van der Waals surface area (Å²) < 4.78 is 0. The maximum atomic E-state index is 12.4. The highest BCUT2D eigenvalue weighted by atomic mass is 35.5. The number of thioether (sulfide) groups is 1. The Morgan fingerprint density at radius 2 is 2.24 bits per heavy atom. The van der Waals surface area contributed by atoms with E-state index in [1.807, 2.05) is 31.7 Å². The SMILES string of the molecule is CCSC1CCC(NC(=O)c2cc(Cl)nc(C(C)C)c2)C1. The predicted molar refractivity (Wildman–Crippen MR) is 90.4 cm³/mol. The zero-order valence-corrected chi connectivity index (χ0v) is 14.4. The van der Waals surface area contributed by atoms with Crippen LogP contribution in [0.4, 0.5) is 0 Å². The van der Waals surface area contributed by atoms with Gasteiger partial charge in [0, 0.05) is 22.5 Å². The van der Waals surface area contributed by atoms with Crippen LogP contribution in [0, 0.1) is 0 Å². The normalized spacial score (nSPS) is 21.8. The van der Waals surface area contributed by atoms with Crippen molar-refractivity contribution in [3.63, 3.8) is 0 Å². The van der Waals surface area contributed by atoms with Crippen LogP contribution < -0.4 is 5.32 Å². The van der Waals surface area contributed by atoms with Crippen LogP contribution in [0.3, 0.4) is 0 Å². The lowest BCUT2D eigenvalue weighted by Crippen LogP contribution is -2.33. The number of nitrogens with one attached hydrogen (secondary N) is 1. The summed E-state index contributed by atoms with van der Waals surface area (Å²) >= 11 is 8.02. The number of hydrogen-bond acceptors (Lipinski definition) is 3. The van der Waals surface area contributed by atoms with E-state index in [1.54, 1.807) is 6.07 Å². The quantitative estimate of drug-likeness (QED) is 0.822. The second-order valence-corrected chi connectivity index (χ2v) is 7.78. The van der Waals surface area contributed by atoms with Crippen molar-refractivity contribution >= 4 is 29.3 Å². The number of carbonyl (C=O) groups excluding carboxylic acids is 1. The topological polar surface area (TPSA) is 42.0 Å². The van der Waals surface area contributed by atoms with Crippen molar-refractivity contribution in [2.75, 3.05) is 5.75 Å². The molecule has 1 amide bonds. The first-order chi connectivity index (χ1) is 9.99. The van der Waals surface area contributed by atoms with Crippen molar-refractivity contribution in [3.05, 3.63) is 28.5 Å². The van der Waals surface area contributed by atoms with Gasteiger partial charge in [0.05, 0.1) is 0 Å². The predicted octanol–water partition coefficient (Wildman–Crippen LogP) is 4.26. The Hall–Kier alpha value is -0.740. The van der Waals surface area contributed by atoms with Gasteiger partial charge < -0.3 is 5.32 Å². The molecular weight excluding hydrogens is 304 g/mol. The van der Waals surface area contributed by atoms with E-state index in [2.05, 4.69) is 17.2 Å². The lowest BCUT2D eigenvalue weighted by atomic mass is 10.1. The molecular formula is C16H23ClN2OS. The van der Waals surface area contributed by atoms with E-state index in [0.717, 1.165) is 24.3 Å². The summed E-state index contributed by atoms with van der Waals surface area (Å²) in [5.41, 5.74) is 1.48. The van der Waals surface area contributed by atoms with Gasteiger partial charge in [0.25, 0.3) is 5.91 Å². The average Bonchev–Trinajstić information content (AvgIpc) is 2.85. The Morgan fingerprint density at radius 3 is 2.90 bits per heavy atom. The van der Waals surface area contributed by atoms with Gasteiger partial charge in [0.15, 0.2) is 0 Å². The fourth-order valence-electron chi connectivity index (χ4n) is 2.67. The summed E-state index contributed by atoms with van der Waals surface area (Å²) in [7, 11) is 0. The van der Waals surface area contributed by atoms with Crippen molar-refractivity contribution in [1.82, 2.24) is 10.3 Å². The minimum absolute atomic E-state index is 0.0339. The molecule has 21 heavy (non-hydrogen) atoms. The standard InChI is InChI=1S/C16H23ClN2OS/c1-4-21-13-6-5-12(9-13)18-16(20)11-7-14(10(2)3)19-15(17)8-11/h7-8,10,12-13H,4-6,9H2,1-3H3,(H,18,20). The number of pyridine rings is 1. The van der Waals surface area contributed by atoms with Gasteiger partial charge in [-0.2, -0.15) is 11.8 Å². The van der Waals surface area contributed by atoms with Crippen molar-refractivity contribution < 1.29 is 4.79 Å². The van der Waals surface area contributed by atoms with E-state index in [-0.39, 0.29) is 17.9 Å². The Kier molecular flexibility index (Phi) is 5.94. The van der Waals surface area contributed by atoms with Crippen LogP contribution in [0.15, 0.2) is 12.1 Å². The van der Waals surface area contributed by atoms with Crippen LogP contribution in [0.2, 0.25) is 5.15 Å². The second-order valence-electron chi connectivity index (χ2n) is 5.82. The molecule has 0 aromatic carbocycles. The van der Waals surface area contributed by atoms with Crippen LogP contribution in [-0.4, -0.2) is 27.9 Å². The van der Waals surface area contributed by atoms with E-state index in [1.165, 1.54) is 6.42 Å². The molecule has 1 saturated carbocycles. The molecule has 5 heteroatoms. The molecule has 1 heterocycles. The van der Waals surface area contributed by atoms with E-state index < -0.39 is 0 Å². The summed E-state index contributed by atoms with van der Waals surface area (Å²) in [6.07, 6.45) is 3.33. The highest BCUT2D eigenvalue weighted by Gasteiger charge is 2.26. The van der Waals surface area contributed by atoms with Crippen LogP contribution in [-0.2, 0) is 0 Å². The molecule has 116 valence electrons. The number of carbonyl (C=O) groups is 1. The van der Waals surface area contributed by atoms with Crippen molar-refractivity contribution in [2.45, 2.75) is 57.2 Å². The molecule has 2 unspecified atom stereocenters. The number of hydrogen-bond donors (Lipinski definition) is 1. The summed E-state index contributed by atoms with van der Waals surface area (Å²) in [6, 6.07) is 3.78. The molecule has 1 aromatic rings. The van der Waals surface area contributed by atoms with Gasteiger partial charge >= 0.3 is 0 Å². The third-order valence-corrected chi connectivity index (χ3v) is 5.22. The number of halogens is 1. The third-order valence-electron chi connectivity index (χ3n) is 3.79. The van der Waals surface area contributed by atoms with E-state index >= 15 is 0 Å². The van der Waals surface area contributed by atoms with Crippen LogP contribution in [0.1, 0.15) is 62.0 Å². The maximum absolute atomic E-state index is 12.4. The Bertz CT molecular complexity index is 507. The zero-order valence-electron chi connectivity index (χ0n) is 12.9. The Labute approximate surface area is 136 Å². The lowest BCUT2D eigenvalue weighted by Gasteiger charge is -2.14. The van der Waals surface area contributed by atoms with Crippen molar-refractivity contribution in [1.29, 1.82) is 0 Å². The maximum Gasteiger partial charge on any atom is 0.251 e. The summed E-state index contributed by atoms with van der Waals surface area (Å²) in [6.45, 7) is 6.27. The van der Waals surface area contributed by atoms with Crippen molar-refractivity contribution in [2.24, 2.45) is 0 Å². The van der Waals surface area contributed by atoms with Crippen LogP contribution in [0.25, 0.3) is 0 Å². The first-order valence-corrected chi connectivity index (χ1v) is 9.02. The molecule has 1 N–H and O–H groups in total. The number of rotatable bonds is 5. The van der Waals surface area contributed by atoms with E-state index in [0.29, 0.717) is 16.0 Å². The van der Waals surface area contributed by atoms with E-state index in [4.69, 9.17) is 11.6 Å². The Balaban J connectivity index is 2.01. The van der Waals surface area contributed by atoms with Gasteiger partial charge in [-0.1, -0.05) is 32.4 Å². The first kappa shape index (κ1) is 16.6. The third kappa shape index (κ3) is 4.62. The minimum atomic E-state index is -0.0339. The number of amides is 1. The van der Waals surface area contributed by atoms with Gasteiger partial charge in [-0.05, 0) is 43.1 Å². The number of aromatic nitrogens is 1. The van der Waals surface area contributed by atoms with Gasteiger partial charge in [-0.3, -0.25) is 4.79 Å². The number of nitrogens with zero attached hydrogens (tertiary/aromatic N) is 1. The minimum Gasteiger partial charge on any atom is -0.349 e. The molecule has 1 aliphatic rings. The molecule has 0 radical (unpaired) electrons. The van der Waals surface area contributed by atoms with Gasteiger partial charge in [-0.25, -0.2) is 4.98 Å². The molecule has 2 rings (SSSR count). The van der Waals surface area contributed by atoms with Crippen LogP contribution >= 0.6 is 23.4 Å². The first-order valence-electron chi connectivity index (χ1n) is 7.59. The molecule has 0 aliphatic heterocycles. The smallest absolute Gasteiger partial charge is 0.251 e. The second kappa shape index (κ2) is 7.50. The fourth-order valence-corrected chi connectivity index (χ4v) is 4.03. The summed E-state index contributed by atoms with van der Waals surface area (Å²) in [5.74, 6) is 1.36. The molecule has 1 aliphatic carbocycles. The van der Waals surface area contributed by atoms with Crippen LogP contribution in [0.5, 0.6) is 0 Å². The van der Waals surface area contributed by atoms with Gasteiger partial charge in [0.1, 0.15) is 5.15 Å². The monoisotopic (exact) mass is 326 g/mol. The fraction of sp³-hybridized carbons (Fsp3) is 0.625. The lowest BCUT2D eigenvalue weighted by molar-refractivity contribution is 0.0937. The van der Waals surface area contributed by atoms with Crippen molar-refractivity contribution in [3.8, 4) is 0 Å². The highest BCUT2D eigenvalue weighted by Crippen LogP contribution is 2.30. The highest BCUT2D eigenvalue weighted by molar-refractivity contribution is 7.99. The molecule has 1 aromatic heterocycles. The van der Waals surface area contributed by atoms with E-state index in [9.17, 15) is 4.79 Å². The van der Waals surface area contributed by atoms with Gasteiger partial charge in [0.2, 0.25) is 0 Å². The van der Waals surface area contributed by atoms with Gasteiger partial charge in [-0.15, -0.1) is 0 Å². The summed E-state index contributed by atoms with van der Waals surface area (Å²) in [5, 5.41) is 4.21. The largest absolute Gasteiger partial charge is 0.349 e. The molecule has 3 nitrogen and oxygen atoms in total.